The maximum Gasteiger partial charge on any atom is 0.328 e. The largest absolute Gasteiger partial charge is 0.464 e. The highest BCUT2D eigenvalue weighted by Gasteiger charge is 2.23. The molecule has 0 aromatic rings. The normalized spacial score (nSPS) is 14.5. The summed E-state index contributed by atoms with van der Waals surface area (Å²) < 4.78 is 4.78. The summed E-state index contributed by atoms with van der Waals surface area (Å²) in [5, 5.41) is 2.59. The molecule has 0 saturated heterocycles. The van der Waals surface area contributed by atoms with Gasteiger partial charge in [0, 0.05) is 0 Å². The number of hydrogen-bond donors (Lipinski definition) is 1. The SMILES string of the molecule is CCOC(=O)C(C)NC(=O)C(Br)C(C)C. The van der Waals surface area contributed by atoms with Crippen LogP contribution in [0.15, 0.2) is 0 Å². The first kappa shape index (κ1) is 14.4. The molecule has 88 valence electrons. The number of carbonyl (C=O) groups excluding carboxylic acids is 2. The van der Waals surface area contributed by atoms with E-state index in [9.17, 15) is 9.59 Å². The highest BCUT2D eigenvalue weighted by atomic mass is 79.9. The minimum absolute atomic E-state index is 0.180. The number of ether oxygens (including phenoxy) is 1. The van der Waals surface area contributed by atoms with Crippen molar-refractivity contribution in [3.8, 4) is 0 Å². The minimum atomic E-state index is -0.601. The van der Waals surface area contributed by atoms with Crippen LogP contribution in [-0.4, -0.2) is 29.4 Å². The summed E-state index contributed by atoms with van der Waals surface area (Å²) in [6, 6.07) is -0.601. The molecule has 0 rings (SSSR count). The molecule has 2 atom stereocenters. The molecule has 1 N–H and O–H groups in total. The summed E-state index contributed by atoms with van der Waals surface area (Å²) >= 11 is 3.26. The first-order valence-electron chi connectivity index (χ1n) is 5.01. The Hall–Kier alpha value is -0.580. The van der Waals surface area contributed by atoms with E-state index < -0.39 is 12.0 Å². The van der Waals surface area contributed by atoms with Gasteiger partial charge in [0.15, 0.2) is 0 Å². The van der Waals surface area contributed by atoms with Crippen LogP contribution >= 0.6 is 15.9 Å². The van der Waals surface area contributed by atoms with Gasteiger partial charge in [-0.05, 0) is 19.8 Å². The average Bonchev–Trinajstić information content (AvgIpc) is 2.16. The Morgan fingerprint density at radius 2 is 1.87 bits per heavy atom. The van der Waals surface area contributed by atoms with E-state index in [2.05, 4.69) is 21.2 Å². The van der Waals surface area contributed by atoms with Crippen LogP contribution in [0.2, 0.25) is 0 Å². The number of nitrogens with one attached hydrogen (secondary N) is 1. The lowest BCUT2D eigenvalue weighted by atomic mass is 10.1. The zero-order valence-electron chi connectivity index (χ0n) is 9.54. The van der Waals surface area contributed by atoms with Crippen molar-refractivity contribution in [1.29, 1.82) is 0 Å². The number of amides is 1. The summed E-state index contributed by atoms with van der Waals surface area (Å²) in [5.74, 6) is -0.417. The Balaban J connectivity index is 4.12. The number of carbonyl (C=O) groups is 2. The molecule has 0 radical (unpaired) electrons. The predicted octanol–water partition coefficient (Wildman–Crippen LogP) is 1.47. The predicted molar refractivity (Wildman–Crippen MR) is 61.8 cm³/mol. The number of hydrogen-bond acceptors (Lipinski definition) is 3. The van der Waals surface area contributed by atoms with Crippen molar-refractivity contribution in [3.05, 3.63) is 0 Å². The Kier molecular flexibility index (Phi) is 6.56. The molecule has 4 nitrogen and oxygen atoms in total. The summed E-state index contributed by atoms with van der Waals surface area (Å²) in [4.78, 5) is 22.5. The van der Waals surface area contributed by atoms with E-state index in [1.807, 2.05) is 13.8 Å². The molecule has 1 amide bonds. The fourth-order valence-corrected chi connectivity index (χ4v) is 1.05. The minimum Gasteiger partial charge on any atom is -0.464 e. The molecule has 0 aromatic carbocycles. The van der Waals surface area contributed by atoms with Gasteiger partial charge in [-0.1, -0.05) is 29.8 Å². The lowest BCUT2D eigenvalue weighted by Crippen LogP contribution is -2.44. The zero-order chi connectivity index (χ0) is 12.0. The molecule has 0 aromatic heterocycles. The van der Waals surface area contributed by atoms with Crippen LogP contribution in [0, 0.1) is 5.92 Å². The Labute approximate surface area is 98.9 Å². The third-order valence-corrected chi connectivity index (χ3v) is 3.31. The van der Waals surface area contributed by atoms with Gasteiger partial charge in [0.2, 0.25) is 5.91 Å². The molecule has 0 saturated carbocycles. The van der Waals surface area contributed by atoms with E-state index in [0.717, 1.165) is 0 Å². The van der Waals surface area contributed by atoms with E-state index in [4.69, 9.17) is 4.74 Å². The van der Waals surface area contributed by atoms with E-state index >= 15 is 0 Å². The van der Waals surface area contributed by atoms with E-state index in [0.29, 0.717) is 6.61 Å². The zero-order valence-corrected chi connectivity index (χ0v) is 11.1. The summed E-state index contributed by atoms with van der Waals surface area (Å²) in [5.41, 5.74) is 0. The lowest BCUT2D eigenvalue weighted by molar-refractivity contribution is -0.146. The fraction of sp³-hybridized carbons (Fsp3) is 0.800. The van der Waals surface area contributed by atoms with Crippen molar-refractivity contribution >= 4 is 27.8 Å². The summed E-state index contributed by atoms with van der Waals surface area (Å²) in [7, 11) is 0. The van der Waals surface area contributed by atoms with Crippen molar-refractivity contribution in [3.63, 3.8) is 0 Å². The molecule has 15 heavy (non-hydrogen) atoms. The van der Waals surface area contributed by atoms with Crippen LogP contribution in [0.5, 0.6) is 0 Å². The summed E-state index contributed by atoms with van der Waals surface area (Å²) in [6.07, 6.45) is 0. The molecule has 0 aliphatic rings. The third kappa shape index (κ3) is 5.16. The second-order valence-electron chi connectivity index (χ2n) is 3.63. The van der Waals surface area contributed by atoms with E-state index in [1.54, 1.807) is 13.8 Å². The Morgan fingerprint density at radius 3 is 2.27 bits per heavy atom. The highest BCUT2D eigenvalue weighted by Crippen LogP contribution is 2.11. The quantitative estimate of drug-likeness (QED) is 0.613. The smallest absolute Gasteiger partial charge is 0.328 e. The molecule has 0 spiro atoms. The van der Waals surface area contributed by atoms with Gasteiger partial charge in [-0.15, -0.1) is 0 Å². The van der Waals surface area contributed by atoms with Gasteiger partial charge < -0.3 is 10.1 Å². The second kappa shape index (κ2) is 6.82. The van der Waals surface area contributed by atoms with E-state index in [-0.39, 0.29) is 16.7 Å². The summed E-state index contributed by atoms with van der Waals surface area (Å²) in [6.45, 7) is 7.51. The van der Waals surface area contributed by atoms with Crippen molar-refractivity contribution in [2.75, 3.05) is 6.61 Å². The van der Waals surface area contributed by atoms with Gasteiger partial charge in [0.1, 0.15) is 6.04 Å². The standard InChI is InChI=1S/C10H18BrNO3/c1-5-15-10(14)7(4)12-9(13)8(11)6(2)3/h6-8H,5H2,1-4H3,(H,12,13). The molecular formula is C10H18BrNO3. The van der Waals surface area contributed by atoms with E-state index in [1.165, 1.54) is 0 Å². The number of halogens is 1. The van der Waals surface area contributed by atoms with Crippen LogP contribution in [0.25, 0.3) is 0 Å². The van der Waals surface area contributed by atoms with Gasteiger partial charge in [0.05, 0.1) is 11.4 Å². The maximum absolute atomic E-state index is 11.5. The molecule has 0 fully saturated rings. The average molecular weight is 280 g/mol. The molecule has 2 unspecified atom stereocenters. The number of esters is 1. The van der Waals surface area contributed by atoms with Gasteiger partial charge in [-0.25, -0.2) is 4.79 Å². The topological polar surface area (TPSA) is 55.4 Å². The lowest BCUT2D eigenvalue weighted by Gasteiger charge is -2.17. The van der Waals surface area contributed by atoms with Crippen molar-refractivity contribution in [1.82, 2.24) is 5.32 Å². The molecule has 0 aliphatic heterocycles. The van der Waals surface area contributed by atoms with Crippen LogP contribution in [0.1, 0.15) is 27.7 Å². The van der Waals surface area contributed by atoms with Crippen LogP contribution in [0.4, 0.5) is 0 Å². The molecule has 5 heteroatoms. The monoisotopic (exact) mass is 279 g/mol. The highest BCUT2D eigenvalue weighted by molar-refractivity contribution is 9.10. The van der Waals surface area contributed by atoms with Crippen LogP contribution < -0.4 is 5.32 Å². The fourth-order valence-electron chi connectivity index (χ4n) is 0.922. The van der Waals surface area contributed by atoms with Crippen molar-refractivity contribution in [2.24, 2.45) is 5.92 Å². The van der Waals surface area contributed by atoms with Crippen molar-refractivity contribution in [2.45, 2.75) is 38.6 Å². The maximum atomic E-state index is 11.5. The van der Waals surface area contributed by atoms with Crippen molar-refractivity contribution < 1.29 is 14.3 Å². The Bertz CT molecular complexity index is 231. The molecular weight excluding hydrogens is 262 g/mol. The van der Waals surface area contributed by atoms with Gasteiger partial charge in [0.25, 0.3) is 0 Å². The second-order valence-corrected chi connectivity index (χ2v) is 4.61. The first-order valence-corrected chi connectivity index (χ1v) is 5.92. The number of alkyl halides is 1. The van der Waals surface area contributed by atoms with Gasteiger partial charge >= 0.3 is 5.97 Å². The number of rotatable bonds is 5. The van der Waals surface area contributed by atoms with Crippen LogP contribution in [-0.2, 0) is 14.3 Å². The first-order chi connectivity index (χ1) is 6.90. The molecule has 0 bridgehead atoms. The van der Waals surface area contributed by atoms with Gasteiger partial charge in [-0.3, -0.25) is 4.79 Å². The van der Waals surface area contributed by atoms with Gasteiger partial charge in [-0.2, -0.15) is 0 Å². The Morgan fingerprint density at radius 1 is 1.33 bits per heavy atom. The third-order valence-electron chi connectivity index (χ3n) is 1.83. The molecule has 0 heterocycles. The van der Waals surface area contributed by atoms with Crippen LogP contribution in [0.3, 0.4) is 0 Å². The molecule has 0 aliphatic carbocycles.